The summed E-state index contributed by atoms with van der Waals surface area (Å²) in [5.41, 5.74) is 0.935. The number of rotatable bonds is 3. The van der Waals surface area contributed by atoms with Crippen LogP contribution in [0.1, 0.15) is 19.8 Å². The molecule has 1 N–H and O–H groups in total. The summed E-state index contributed by atoms with van der Waals surface area (Å²) in [5, 5.41) is 4.14. The molecule has 2 rings (SSSR count). The van der Waals surface area contributed by atoms with Gasteiger partial charge in [0.05, 0.1) is 17.3 Å². The number of ether oxygens (including phenoxy) is 1. The number of likely N-dealkylation sites (tertiary alicyclic amines) is 1. The minimum absolute atomic E-state index is 0.215. The molecule has 1 fully saturated rings. The second-order valence-corrected chi connectivity index (χ2v) is 6.05. The topological polar surface area (TPSA) is 41.6 Å². The highest BCUT2D eigenvalue weighted by Gasteiger charge is 2.23. The van der Waals surface area contributed by atoms with E-state index in [1.165, 1.54) is 0 Å². The fraction of sp³-hybridized carbons (Fsp3) is 0.500. The molecular weight excluding hydrogens is 344 g/mol. The first-order chi connectivity index (χ1) is 9.60. The van der Waals surface area contributed by atoms with Crippen molar-refractivity contribution in [2.75, 3.05) is 25.0 Å². The second kappa shape index (κ2) is 7.18. The van der Waals surface area contributed by atoms with Gasteiger partial charge in [-0.1, -0.05) is 27.5 Å². The Kier molecular flexibility index (Phi) is 5.54. The maximum atomic E-state index is 11.6. The summed E-state index contributed by atoms with van der Waals surface area (Å²) in [6.07, 6.45) is 1.57. The van der Waals surface area contributed by atoms with Gasteiger partial charge in [-0.3, -0.25) is 0 Å². The molecule has 1 saturated heterocycles. The molecule has 0 aliphatic carbocycles. The lowest BCUT2D eigenvalue weighted by atomic mass is 10.1. The van der Waals surface area contributed by atoms with Crippen molar-refractivity contribution in [3.63, 3.8) is 0 Å². The summed E-state index contributed by atoms with van der Waals surface area (Å²) in [6.45, 7) is 3.67. The molecule has 0 bridgehead atoms. The van der Waals surface area contributed by atoms with Crippen LogP contribution in [0.3, 0.4) is 0 Å². The maximum absolute atomic E-state index is 11.6. The van der Waals surface area contributed by atoms with Gasteiger partial charge in [0.25, 0.3) is 0 Å². The lowest BCUT2D eigenvalue weighted by Crippen LogP contribution is -2.42. The second-order valence-electron chi connectivity index (χ2n) is 4.73. The Morgan fingerprint density at radius 3 is 2.80 bits per heavy atom. The Bertz CT molecular complexity index is 476. The first-order valence-corrected chi connectivity index (χ1v) is 7.90. The lowest BCUT2D eigenvalue weighted by molar-refractivity contribution is 0.0983. The minimum atomic E-state index is -0.215. The zero-order valence-corrected chi connectivity index (χ0v) is 13.7. The normalized spacial score (nSPS) is 16.1. The molecule has 20 heavy (non-hydrogen) atoms. The average molecular weight is 362 g/mol. The minimum Gasteiger partial charge on any atom is -0.450 e. The van der Waals surface area contributed by atoms with E-state index in [9.17, 15) is 4.79 Å². The van der Waals surface area contributed by atoms with Crippen LogP contribution in [-0.2, 0) is 4.74 Å². The predicted molar refractivity (Wildman–Crippen MR) is 84.4 cm³/mol. The van der Waals surface area contributed by atoms with Crippen LogP contribution in [0.25, 0.3) is 0 Å². The van der Waals surface area contributed by atoms with Crippen LogP contribution in [0.5, 0.6) is 0 Å². The Hall–Kier alpha value is -0.940. The first kappa shape index (κ1) is 15.4. The Labute approximate surface area is 132 Å². The van der Waals surface area contributed by atoms with Crippen LogP contribution in [0.4, 0.5) is 10.5 Å². The van der Waals surface area contributed by atoms with Gasteiger partial charge in [0.1, 0.15) is 0 Å². The average Bonchev–Trinajstić information content (AvgIpc) is 2.43. The van der Waals surface area contributed by atoms with Gasteiger partial charge in [0.2, 0.25) is 0 Å². The molecule has 0 spiro atoms. The van der Waals surface area contributed by atoms with Gasteiger partial charge in [0, 0.05) is 23.6 Å². The van der Waals surface area contributed by atoms with Gasteiger partial charge in [-0.25, -0.2) is 4.79 Å². The van der Waals surface area contributed by atoms with Gasteiger partial charge in [0.15, 0.2) is 0 Å². The van der Waals surface area contributed by atoms with Crippen molar-refractivity contribution in [1.29, 1.82) is 0 Å². The molecule has 0 radical (unpaired) electrons. The standard InChI is InChI=1S/C14H18BrClN2O2/c1-2-20-14(19)18-7-5-11(6-8-18)17-13-4-3-10(15)9-12(13)16/h3-4,9,11,17H,2,5-8H2,1H3. The molecule has 1 amide bonds. The molecule has 4 nitrogen and oxygen atoms in total. The van der Waals surface area contributed by atoms with Crippen LogP contribution < -0.4 is 5.32 Å². The summed E-state index contributed by atoms with van der Waals surface area (Å²) in [4.78, 5) is 13.4. The number of halogens is 2. The smallest absolute Gasteiger partial charge is 0.409 e. The highest BCUT2D eigenvalue weighted by Crippen LogP contribution is 2.27. The summed E-state index contributed by atoms with van der Waals surface area (Å²) in [6, 6.07) is 6.13. The third-order valence-corrected chi connectivity index (χ3v) is 4.12. The summed E-state index contributed by atoms with van der Waals surface area (Å²) < 4.78 is 5.97. The predicted octanol–water partition coefficient (Wildman–Crippen LogP) is 4.14. The summed E-state index contributed by atoms with van der Waals surface area (Å²) in [7, 11) is 0. The summed E-state index contributed by atoms with van der Waals surface area (Å²) in [5.74, 6) is 0. The number of anilines is 1. The number of carbonyl (C=O) groups is 1. The molecule has 1 aromatic carbocycles. The molecule has 1 heterocycles. The quantitative estimate of drug-likeness (QED) is 0.880. The van der Waals surface area contributed by atoms with Crippen LogP contribution in [0, 0.1) is 0 Å². The fourth-order valence-electron chi connectivity index (χ4n) is 2.25. The molecule has 1 aromatic rings. The van der Waals surface area contributed by atoms with Crippen LogP contribution in [0.2, 0.25) is 5.02 Å². The molecule has 0 aromatic heterocycles. The van der Waals surface area contributed by atoms with Crippen molar-refractivity contribution in [1.82, 2.24) is 4.90 Å². The zero-order valence-electron chi connectivity index (χ0n) is 11.4. The van der Waals surface area contributed by atoms with Crippen molar-refractivity contribution < 1.29 is 9.53 Å². The summed E-state index contributed by atoms with van der Waals surface area (Å²) >= 11 is 9.58. The third-order valence-electron chi connectivity index (χ3n) is 3.31. The largest absolute Gasteiger partial charge is 0.450 e. The van der Waals surface area contributed by atoms with Crippen LogP contribution >= 0.6 is 27.5 Å². The molecule has 0 unspecified atom stereocenters. The van der Waals surface area contributed by atoms with Crippen molar-refractivity contribution in [3.8, 4) is 0 Å². The monoisotopic (exact) mass is 360 g/mol. The molecule has 0 saturated carbocycles. The first-order valence-electron chi connectivity index (χ1n) is 6.73. The van der Waals surface area contributed by atoms with E-state index in [4.69, 9.17) is 16.3 Å². The van der Waals surface area contributed by atoms with E-state index in [-0.39, 0.29) is 6.09 Å². The van der Waals surface area contributed by atoms with E-state index in [2.05, 4.69) is 21.2 Å². The number of benzene rings is 1. The van der Waals surface area contributed by atoms with Crippen molar-refractivity contribution >= 4 is 39.3 Å². The van der Waals surface area contributed by atoms with Gasteiger partial charge < -0.3 is 15.0 Å². The Morgan fingerprint density at radius 2 is 2.20 bits per heavy atom. The van der Waals surface area contributed by atoms with Crippen molar-refractivity contribution in [2.24, 2.45) is 0 Å². The third kappa shape index (κ3) is 4.03. The molecule has 6 heteroatoms. The molecule has 1 aliphatic heterocycles. The van der Waals surface area contributed by atoms with Gasteiger partial charge >= 0.3 is 6.09 Å². The Morgan fingerprint density at radius 1 is 1.50 bits per heavy atom. The van der Waals surface area contributed by atoms with Gasteiger partial charge in [-0.15, -0.1) is 0 Å². The molecule has 110 valence electrons. The van der Waals surface area contributed by atoms with Crippen LogP contribution in [0.15, 0.2) is 22.7 Å². The number of piperidine rings is 1. The van der Waals surface area contributed by atoms with E-state index in [1.54, 1.807) is 4.90 Å². The number of nitrogens with one attached hydrogen (secondary N) is 1. The highest BCUT2D eigenvalue weighted by molar-refractivity contribution is 9.10. The fourth-order valence-corrected chi connectivity index (χ4v) is 2.98. The van der Waals surface area contributed by atoms with Crippen molar-refractivity contribution in [2.45, 2.75) is 25.8 Å². The Balaban J connectivity index is 1.86. The molecule has 0 atom stereocenters. The number of hydrogen-bond donors (Lipinski definition) is 1. The van der Waals surface area contributed by atoms with E-state index in [0.29, 0.717) is 30.8 Å². The molecular formula is C14H18BrClN2O2. The number of nitrogens with zero attached hydrogens (tertiary/aromatic N) is 1. The zero-order chi connectivity index (χ0) is 14.5. The number of carbonyl (C=O) groups excluding carboxylic acids is 1. The van der Waals surface area contributed by atoms with Gasteiger partial charge in [-0.2, -0.15) is 0 Å². The lowest BCUT2D eigenvalue weighted by Gasteiger charge is -2.32. The van der Waals surface area contributed by atoms with E-state index >= 15 is 0 Å². The van der Waals surface area contributed by atoms with E-state index < -0.39 is 0 Å². The van der Waals surface area contributed by atoms with Crippen LogP contribution in [-0.4, -0.2) is 36.7 Å². The number of amides is 1. The van der Waals surface area contributed by atoms with E-state index in [0.717, 1.165) is 23.0 Å². The van der Waals surface area contributed by atoms with Crippen molar-refractivity contribution in [3.05, 3.63) is 27.7 Å². The molecule has 1 aliphatic rings. The highest BCUT2D eigenvalue weighted by atomic mass is 79.9. The van der Waals surface area contributed by atoms with E-state index in [1.807, 2.05) is 25.1 Å². The van der Waals surface area contributed by atoms with Gasteiger partial charge in [-0.05, 0) is 38.0 Å². The SMILES string of the molecule is CCOC(=O)N1CCC(Nc2ccc(Br)cc2Cl)CC1. The maximum Gasteiger partial charge on any atom is 0.409 e. The number of hydrogen-bond acceptors (Lipinski definition) is 3.